The molecule has 2 aromatic rings. The summed E-state index contributed by atoms with van der Waals surface area (Å²) >= 11 is 0. The summed E-state index contributed by atoms with van der Waals surface area (Å²) in [6, 6.07) is 7.28. The van der Waals surface area contributed by atoms with Gasteiger partial charge in [-0.15, -0.1) is 5.10 Å². The standard InChI is InChI=1S/C16H18N4O5S/c1-12-4-5-13(20(21)22)11-15(12)26(23,24)19-9-6-14(7-10-19)25-16-3-2-8-17-18-16/h2-5,8,11,14H,6-7,9-10H2,1H3. The Hall–Kier alpha value is -2.59. The molecule has 0 amide bonds. The predicted molar refractivity (Wildman–Crippen MR) is 92.3 cm³/mol. The quantitative estimate of drug-likeness (QED) is 0.576. The highest BCUT2D eigenvalue weighted by Gasteiger charge is 2.32. The highest BCUT2D eigenvalue weighted by molar-refractivity contribution is 7.89. The van der Waals surface area contributed by atoms with E-state index in [0.29, 0.717) is 24.3 Å². The Bertz CT molecular complexity index is 896. The summed E-state index contributed by atoms with van der Waals surface area (Å²) in [5.41, 5.74) is 0.239. The normalized spacial score (nSPS) is 16.3. The number of aromatic nitrogens is 2. The molecule has 0 spiro atoms. The van der Waals surface area contributed by atoms with Gasteiger partial charge in [0, 0.05) is 37.5 Å². The van der Waals surface area contributed by atoms with Crippen LogP contribution >= 0.6 is 0 Å². The summed E-state index contributed by atoms with van der Waals surface area (Å²) in [6.45, 7) is 2.17. The van der Waals surface area contributed by atoms with Crippen LogP contribution in [0.3, 0.4) is 0 Å². The van der Waals surface area contributed by atoms with Crippen molar-refractivity contribution in [3.63, 3.8) is 0 Å². The van der Waals surface area contributed by atoms with Crippen molar-refractivity contribution in [2.75, 3.05) is 13.1 Å². The topological polar surface area (TPSA) is 116 Å². The van der Waals surface area contributed by atoms with Crippen molar-refractivity contribution in [1.82, 2.24) is 14.5 Å². The second-order valence-corrected chi connectivity index (χ2v) is 7.90. The van der Waals surface area contributed by atoms with Gasteiger partial charge in [-0.3, -0.25) is 10.1 Å². The summed E-state index contributed by atoms with van der Waals surface area (Å²) in [5, 5.41) is 18.6. The summed E-state index contributed by atoms with van der Waals surface area (Å²) in [5.74, 6) is 0.406. The lowest BCUT2D eigenvalue weighted by molar-refractivity contribution is -0.385. The molecule has 1 aliphatic heterocycles. The Morgan fingerprint density at radius 1 is 1.27 bits per heavy atom. The Morgan fingerprint density at radius 3 is 2.62 bits per heavy atom. The molecule has 0 radical (unpaired) electrons. The molecule has 1 aromatic heterocycles. The molecule has 9 nitrogen and oxygen atoms in total. The Morgan fingerprint density at radius 2 is 2.00 bits per heavy atom. The highest BCUT2D eigenvalue weighted by atomic mass is 32.2. The number of hydrogen-bond acceptors (Lipinski definition) is 7. The predicted octanol–water partition coefficient (Wildman–Crippen LogP) is 1.93. The minimum Gasteiger partial charge on any atom is -0.473 e. The smallest absolute Gasteiger partial charge is 0.270 e. The van der Waals surface area contributed by atoms with Gasteiger partial charge in [0.25, 0.3) is 5.69 Å². The van der Waals surface area contributed by atoms with E-state index in [1.807, 2.05) is 0 Å². The molecule has 10 heteroatoms. The van der Waals surface area contributed by atoms with Gasteiger partial charge in [0.05, 0.1) is 9.82 Å². The number of non-ortho nitro benzene ring substituents is 1. The first kappa shape index (κ1) is 18.2. The molecular formula is C16H18N4O5S. The first-order chi connectivity index (χ1) is 12.4. The molecule has 1 aliphatic rings. The maximum atomic E-state index is 12.9. The van der Waals surface area contributed by atoms with Crippen LogP contribution in [0.15, 0.2) is 41.4 Å². The number of rotatable bonds is 5. The van der Waals surface area contributed by atoms with Crippen molar-refractivity contribution in [2.24, 2.45) is 0 Å². The monoisotopic (exact) mass is 378 g/mol. The average molecular weight is 378 g/mol. The van der Waals surface area contributed by atoms with E-state index in [4.69, 9.17) is 4.74 Å². The first-order valence-corrected chi connectivity index (χ1v) is 9.51. The zero-order valence-corrected chi connectivity index (χ0v) is 14.9. The summed E-state index contributed by atoms with van der Waals surface area (Å²) < 4.78 is 32.8. The molecule has 138 valence electrons. The molecule has 0 atom stereocenters. The second-order valence-electron chi connectivity index (χ2n) is 5.99. The fourth-order valence-corrected chi connectivity index (χ4v) is 4.54. The van der Waals surface area contributed by atoms with E-state index in [0.717, 1.165) is 6.07 Å². The maximum Gasteiger partial charge on any atom is 0.270 e. The van der Waals surface area contributed by atoms with Crippen LogP contribution in [-0.4, -0.2) is 47.0 Å². The van der Waals surface area contributed by atoms with Gasteiger partial charge in [-0.05, 0) is 31.4 Å². The number of nitro benzene ring substituents is 1. The summed E-state index contributed by atoms with van der Waals surface area (Å²) in [4.78, 5) is 10.3. The number of hydrogen-bond donors (Lipinski definition) is 0. The largest absolute Gasteiger partial charge is 0.473 e. The Labute approximate surface area is 150 Å². The Kier molecular flexibility index (Phi) is 5.14. The third kappa shape index (κ3) is 3.81. The van der Waals surface area contributed by atoms with E-state index >= 15 is 0 Å². The lowest BCUT2D eigenvalue weighted by Gasteiger charge is -2.31. The van der Waals surface area contributed by atoms with Crippen LogP contribution in [0.25, 0.3) is 0 Å². The molecule has 1 saturated heterocycles. The first-order valence-electron chi connectivity index (χ1n) is 8.07. The molecule has 26 heavy (non-hydrogen) atoms. The van der Waals surface area contributed by atoms with Crippen molar-refractivity contribution in [3.05, 3.63) is 52.2 Å². The molecule has 0 aliphatic carbocycles. The number of piperidine rings is 1. The van der Waals surface area contributed by atoms with E-state index in [9.17, 15) is 18.5 Å². The van der Waals surface area contributed by atoms with Gasteiger partial charge in [0.15, 0.2) is 0 Å². The van der Waals surface area contributed by atoms with Gasteiger partial charge in [-0.25, -0.2) is 8.42 Å². The van der Waals surface area contributed by atoms with Gasteiger partial charge >= 0.3 is 0 Å². The zero-order chi connectivity index (χ0) is 18.7. The lowest BCUT2D eigenvalue weighted by atomic mass is 10.1. The molecule has 0 saturated carbocycles. The van der Waals surface area contributed by atoms with E-state index in [1.165, 1.54) is 16.4 Å². The van der Waals surface area contributed by atoms with Gasteiger partial charge < -0.3 is 4.74 Å². The molecule has 1 fully saturated rings. The van der Waals surface area contributed by atoms with Gasteiger partial charge in [-0.2, -0.15) is 9.40 Å². The summed E-state index contributed by atoms with van der Waals surface area (Å²) in [6.07, 6.45) is 2.40. The second kappa shape index (κ2) is 7.34. The SMILES string of the molecule is Cc1ccc([N+](=O)[O-])cc1S(=O)(=O)N1CCC(Oc2cccnn2)CC1. The zero-order valence-electron chi connectivity index (χ0n) is 14.1. The fourth-order valence-electron chi connectivity index (χ4n) is 2.83. The van der Waals surface area contributed by atoms with Gasteiger partial charge in [0.1, 0.15) is 6.10 Å². The van der Waals surface area contributed by atoms with E-state index in [-0.39, 0.29) is 29.8 Å². The third-order valence-electron chi connectivity index (χ3n) is 4.24. The maximum absolute atomic E-state index is 12.9. The van der Waals surface area contributed by atoms with Crippen molar-refractivity contribution < 1.29 is 18.1 Å². The van der Waals surface area contributed by atoms with Crippen LogP contribution in [0.5, 0.6) is 5.88 Å². The molecule has 3 rings (SSSR count). The van der Waals surface area contributed by atoms with Crippen LogP contribution < -0.4 is 4.74 Å². The molecule has 0 unspecified atom stereocenters. The number of nitrogens with zero attached hydrogens (tertiary/aromatic N) is 4. The highest BCUT2D eigenvalue weighted by Crippen LogP contribution is 2.27. The van der Waals surface area contributed by atoms with Crippen LogP contribution in [0.2, 0.25) is 0 Å². The summed E-state index contributed by atoms with van der Waals surface area (Å²) in [7, 11) is -3.80. The molecule has 0 bridgehead atoms. The minimum absolute atomic E-state index is 0.0278. The van der Waals surface area contributed by atoms with Crippen LogP contribution in [0.1, 0.15) is 18.4 Å². The number of sulfonamides is 1. The van der Waals surface area contributed by atoms with E-state index < -0.39 is 14.9 Å². The Balaban J connectivity index is 1.72. The van der Waals surface area contributed by atoms with Crippen LogP contribution in [0.4, 0.5) is 5.69 Å². The van der Waals surface area contributed by atoms with Crippen molar-refractivity contribution >= 4 is 15.7 Å². The van der Waals surface area contributed by atoms with Gasteiger partial charge in [0.2, 0.25) is 15.9 Å². The molecule has 1 aromatic carbocycles. The number of nitro groups is 1. The molecule has 2 heterocycles. The number of benzene rings is 1. The average Bonchev–Trinajstić information content (AvgIpc) is 2.63. The van der Waals surface area contributed by atoms with Crippen LogP contribution in [0, 0.1) is 17.0 Å². The minimum atomic E-state index is -3.80. The van der Waals surface area contributed by atoms with Crippen molar-refractivity contribution in [3.8, 4) is 5.88 Å². The van der Waals surface area contributed by atoms with Crippen LogP contribution in [-0.2, 0) is 10.0 Å². The van der Waals surface area contributed by atoms with Crippen molar-refractivity contribution in [1.29, 1.82) is 0 Å². The number of ether oxygens (including phenoxy) is 1. The van der Waals surface area contributed by atoms with Crippen molar-refractivity contribution in [2.45, 2.75) is 30.8 Å². The van der Waals surface area contributed by atoms with E-state index in [1.54, 1.807) is 25.3 Å². The number of aryl methyl sites for hydroxylation is 1. The third-order valence-corrected chi connectivity index (χ3v) is 6.28. The fraction of sp³-hybridized carbons (Fsp3) is 0.375. The van der Waals surface area contributed by atoms with E-state index in [2.05, 4.69) is 10.2 Å². The molecular weight excluding hydrogens is 360 g/mol. The van der Waals surface area contributed by atoms with Gasteiger partial charge in [-0.1, -0.05) is 6.07 Å². The molecule has 0 N–H and O–H groups in total. The lowest BCUT2D eigenvalue weighted by Crippen LogP contribution is -2.42.